The van der Waals surface area contributed by atoms with Crippen LogP contribution in [0.3, 0.4) is 0 Å². The Labute approximate surface area is 158 Å². The van der Waals surface area contributed by atoms with Gasteiger partial charge in [0.25, 0.3) is 5.91 Å². The van der Waals surface area contributed by atoms with E-state index in [1.165, 1.54) is 6.07 Å². The van der Waals surface area contributed by atoms with Crippen molar-refractivity contribution in [1.29, 1.82) is 0 Å². The molecule has 1 aromatic rings. The maximum Gasteiger partial charge on any atom is 0.256 e. The van der Waals surface area contributed by atoms with Gasteiger partial charge in [-0.3, -0.25) is 9.59 Å². The van der Waals surface area contributed by atoms with Gasteiger partial charge in [-0.15, -0.1) is 0 Å². The van der Waals surface area contributed by atoms with E-state index in [0.29, 0.717) is 31.3 Å². The fourth-order valence-electron chi connectivity index (χ4n) is 4.20. The molecule has 27 heavy (non-hydrogen) atoms. The van der Waals surface area contributed by atoms with Crippen molar-refractivity contribution >= 4 is 11.8 Å². The number of carbonyl (C=O) groups is 2. The van der Waals surface area contributed by atoms with E-state index in [4.69, 9.17) is 0 Å². The third-order valence-electron chi connectivity index (χ3n) is 5.66. The Bertz CT molecular complexity index is 710. The summed E-state index contributed by atoms with van der Waals surface area (Å²) in [6.07, 6.45) is 3.24. The summed E-state index contributed by atoms with van der Waals surface area (Å²) < 4.78 is 27.1. The largest absolute Gasteiger partial charge is 0.349 e. The predicted molar refractivity (Wildman–Crippen MR) is 98.2 cm³/mol. The average molecular weight is 379 g/mol. The van der Waals surface area contributed by atoms with Crippen LogP contribution in [-0.2, 0) is 4.79 Å². The normalized spacial score (nSPS) is 24.6. The van der Waals surface area contributed by atoms with Gasteiger partial charge in [0.05, 0.1) is 5.56 Å². The second-order valence-electron chi connectivity index (χ2n) is 7.89. The first-order chi connectivity index (χ1) is 12.8. The number of carbonyl (C=O) groups excluding carboxylic acids is 2. The van der Waals surface area contributed by atoms with Crippen LogP contribution in [0.4, 0.5) is 8.78 Å². The molecule has 2 fully saturated rings. The molecular formula is C20H27F2N3O2. The second-order valence-corrected chi connectivity index (χ2v) is 7.89. The molecule has 3 atom stereocenters. The van der Waals surface area contributed by atoms with E-state index < -0.39 is 11.6 Å². The predicted octanol–water partition coefficient (Wildman–Crippen LogP) is 2.27. The highest BCUT2D eigenvalue weighted by Gasteiger charge is 2.38. The monoisotopic (exact) mass is 379 g/mol. The number of nitrogens with one attached hydrogen (secondary N) is 1. The van der Waals surface area contributed by atoms with Crippen LogP contribution < -0.4 is 5.32 Å². The van der Waals surface area contributed by atoms with Crippen LogP contribution in [0.25, 0.3) is 0 Å². The van der Waals surface area contributed by atoms with Crippen LogP contribution >= 0.6 is 0 Å². The van der Waals surface area contributed by atoms with Crippen molar-refractivity contribution < 1.29 is 18.4 Å². The first-order valence-electron chi connectivity index (χ1n) is 9.53. The Morgan fingerprint density at radius 1 is 1.26 bits per heavy atom. The third-order valence-corrected chi connectivity index (χ3v) is 5.66. The van der Waals surface area contributed by atoms with Crippen molar-refractivity contribution in [1.82, 2.24) is 15.1 Å². The highest BCUT2D eigenvalue weighted by molar-refractivity contribution is 5.94. The first kappa shape index (κ1) is 19.7. The van der Waals surface area contributed by atoms with E-state index in [2.05, 4.69) is 5.32 Å². The molecular weight excluding hydrogens is 352 g/mol. The highest BCUT2D eigenvalue weighted by atomic mass is 19.1. The number of benzene rings is 1. The molecule has 2 aliphatic heterocycles. The number of fused-ring (bicyclic) bond motifs is 2. The van der Waals surface area contributed by atoms with Crippen molar-refractivity contribution in [3.8, 4) is 0 Å². The van der Waals surface area contributed by atoms with Crippen molar-refractivity contribution in [2.45, 2.75) is 31.7 Å². The Morgan fingerprint density at radius 2 is 2.04 bits per heavy atom. The molecule has 5 nitrogen and oxygen atoms in total. The van der Waals surface area contributed by atoms with Gasteiger partial charge in [0, 0.05) is 45.7 Å². The number of amides is 2. The SMILES string of the molecule is CN(C)C(=O)CCC[C@H]1NC[C@@H]2C[C@@H]1CN(C(=O)c1ccc(F)cc1F)C2. The molecule has 0 aromatic heterocycles. The summed E-state index contributed by atoms with van der Waals surface area (Å²) in [7, 11) is 3.51. The van der Waals surface area contributed by atoms with E-state index >= 15 is 0 Å². The topological polar surface area (TPSA) is 52.7 Å². The quantitative estimate of drug-likeness (QED) is 0.854. The molecule has 2 saturated heterocycles. The van der Waals surface area contributed by atoms with Crippen molar-refractivity contribution in [2.24, 2.45) is 11.8 Å². The van der Waals surface area contributed by atoms with Crippen molar-refractivity contribution in [3.05, 3.63) is 35.4 Å². The van der Waals surface area contributed by atoms with Gasteiger partial charge in [-0.1, -0.05) is 0 Å². The average Bonchev–Trinajstić information content (AvgIpc) is 2.62. The van der Waals surface area contributed by atoms with E-state index in [0.717, 1.165) is 37.9 Å². The van der Waals surface area contributed by atoms with Crippen LogP contribution in [0.15, 0.2) is 18.2 Å². The fraction of sp³-hybridized carbons (Fsp3) is 0.600. The molecule has 2 aliphatic rings. The van der Waals surface area contributed by atoms with Crippen LogP contribution in [0, 0.1) is 23.5 Å². The van der Waals surface area contributed by atoms with Crippen molar-refractivity contribution in [3.63, 3.8) is 0 Å². The number of halogens is 2. The molecule has 0 unspecified atom stereocenters. The van der Waals surface area contributed by atoms with Gasteiger partial charge in [-0.05, 0) is 49.8 Å². The summed E-state index contributed by atoms with van der Waals surface area (Å²) in [5.41, 5.74) is -0.0718. The minimum absolute atomic E-state index is 0.0718. The summed E-state index contributed by atoms with van der Waals surface area (Å²) in [6, 6.07) is 3.35. The van der Waals surface area contributed by atoms with Crippen LogP contribution in [-0.4, -0.2) is 61.4 Å². The lowest BCUT2D eigenvalue weighted by Gasteiger charge is -2.46. The molecule has 1 N–H and O–H groups in total. The Hall–Kier alpha value is -2.02. The molecule has 2 amide bonds. The van der Waals surface area contributed by atoms with Crippen LogP contribution in [0.1, 0.15) is 36.0 Å². The standard InChI is InChI=1S/C20H27F2N3O2/c1-24(2)19(26)5-3-4-18-14-8-13(10-23-18)11-25(12-14)20(27)16-7-6-15(21)9-17(16)22/h6-7,9,13-14,18,23H,3-5,8,10-12H2,1-2H3/t13-,14+,18+/m0/s1. The summed E-state index contributed by atoms with van der Waals surface area (Å²) in [6.45, 7) is 1.97. The molecule has 0 spiro atoms. The van der Waals surface area contributed by atoms with E-state index in [-0.39, 0.29) is 23.4 Å². The molecule has 7 heteroatoms. The van der Waals surface area contributed by atoms with Gasteiger partial charge in [0.2, 0.25) is 5.91 Å². The van der Waals surface area contributed by atoms with E-state index in [9.17, 15) is 18.4 Å². The zero-order valence-corrected chi connectivity index (χ0v) is 15.9. The van der Waals surface area contributed by atoms with E-state index in [1.807, 2.05) is 0 Å². The molecule has 0 saturated carbocycles. The van der Waals surface area contributed by atoms with Gasteiger partial charge in [0.1, 0.15) is 11.6 Å². The smallest absolute Gasteiger partial charge is 0.256 e. The lowest BCUT2D eigenvalue weighted by atomic mass is 9.79. The number of likely N-dealkylation sites (tertiary alicyclic amines) is 1. The number of hydrogen-bond acceptors (Lipinski definition) is 3. The molecule has 148 valence electrons. The number of rotatable bonds is 5. The first-order valence-corrected chi connectivity index (χ1v) is 9.53. The van der Waals surface area contributed by atoms with Crippen LogP contribution in [0.5, 0.6) is 0 Å². The zero-order chi connectivity index (χ0) is 19.6. The van der Waals surface area contributed by atoms with Gasteiger partial charge in [-0.2, -0.15) is 0 Å². The van der Waals surface area contributed by atoms with Gasteiger partial charge >= 0.3 is 0 Å². The lowest BCUT2D eigenvalue weighted by Crippen LogP contribution is -2.57. The zero-order valence-electron chi connectivity index (χ0n) is 15.9. The summed E-state index contributed by atoms with van der Waals surface area (Å²) >= 11 is 0. The van der Waals surface area contributed by atoms with Crippen molar-refractivity contribution in [2.75, 3.05) is 33.7 Å². The molecule has 2 heterocycles. The molecule has 0 radical (unpaired) electrons. The second kappa shape index (κ2) is 8.33. The number of nitrogens with zero attached hydrogens (tertiary/aromatic N) is 2. The summed E-state index contributed by atoms with van der Waals surface area (Å²) in [5.74, 6) is -1.11. The van der Waals surface area contributed by atoms with Gasteiger partial charge in [0.15, 0.2) is 0 Å². The number of hydrogen-bond donors (Lipinski definition) is 1. The molecule has 3 rings (SSSR count). The maximum absolute atomic E-state index is 14.0. The Balaban J connectivity index is 1.61. The van der Waals surface area contributed by atoms with Gasteiger partial charge in [-0.25, -0.2) is 8.78 Å². The molecule has 2 bridgehead atoms. The Morgan fingerprint density at radius 3 is 2.74 bits per heavy atom. The summed E-state index contributed by atoms with van der Waals surface area (Å²) in [4.78, 5) is 27.8. The third kappa shape index (κ3) is 4.64. The Kier molecular flexibility index (Phi) is 6.09. The lowest BCUT2D eigenvalue weighted by molar-refractivity contribution is -0.128. The van der Waals surface area contributed by atoms with Gasteiger partial charge < -0.3 is 15.1 Å². The molecule has 1 aromatic carbocycles. The fourth-order valence-corrected chi connectivity index (χ4v) is 4.20. The minimum atomic E-state index is -0.812. The van der Waals surface area contributed by atoms with E-state index in [1.54, 1.807) is 23.9 Å². The molecule has 0 aliphatic carbocycles. The maximum atomic E-state index is 14.0. The highest BCUT2D eigenvalue weighted by Crippen LogP contribution is 2.31. The minimum Gasteiger partial charge on any atom is -0.349 e. The summed E-state index contributed by atoms with van der Waals surface area (Å²) in [5, 5.41) is 3.56. The van der Waals surface area contributed by atoms with Crippen LogP contribution in [0.2, 0.25) is 0 Å². The number of piperidine rings is 2.